The molecule has 0 fully saturated rings. The number of nitrogens with zero attached hydrogens (tertiary/aromatic N) is 2. The van der Waals surface area contributed by atoms with Crippen LogP contribution in [-0.4, -0.2) is 33.9 Å². The van der Waals surface area contributed by atoms with E-state index >= 15 is 0 Å². The van der Waals surface area contributed by atoms with Gasteiger partial charge < -0.3 is 10.1 Å². The average molecular weight is 374 g/mol. The second kappa shape index (κ2) is 11.4. The third kappa shape index (κ3) is 6.76. The second-order valence-electron chi connectivity index (χ2n) is 5.38. The molecule has 2 atom stereocenters. The van der Waals surface area contributed by atoms with Crippen molar-refractivity contribution in [1.82, 2.24) is 10.2 Å². The standard InChI is InChI=1S/C16H27N3O3S2/c1-5-9-10-11(6-2)13(20)17-15-18-19-16(24-15)23-12(7-3)14(21)22-8-4/h11-12H,5-10H2,1-4H3,(H,17,18,20)/t11-,12-/m0/s1. The van der Waals surface area contributed by atoms with Crippen molar-refractivity contribution in [3.8, 4) is 0 Å². The van der Waals surface area contributed by atoms with E-state index in [0.29, 0.717) is 22.5 Å². The van der Waals surface area contributed by atoms with E-state index in [2.05, 4.69) is 22.4 Å². The Morgan fingerprint density at radius 1 is 1.21 bits per heavy atom. The molecule has 1 heterocycles. The number of carbonyl (C=O) groups excluding carboxylic acids is 2. The van der Waals surface area contributed by atoms with Crippen LogP contribution in [0.5, 0.6) is 0 Å². The number of hydrogen-bond donors (Lipinski definition) is 1. The number of esters is 1. The van der Waals surface area contributed by atoms with E-state index in [9.17, 15) is 9.59 Å². The molecule has 6 nitrogen and oxygen atoms in total. The molecule has 8 heteroatoms. The predicted octanol–water partition coefficient (Wildman–Crippen LogP) is 4.13. The van der Waals surface area contributed by atoms with Crippen LogP contribution in [0.15, 0.2) is 4.34 Å². The normalized spacial score (nSPS) is 13.3. The van der Waals surface area contributed by atoms with Crippen LogP contribution in [0.4, 0.5) is 5.13 Å². The van der Waals surface area contributed by atoms with Gasteiger partial charge in [0.25, 0.3) is 0 Å². The number of rotatable bonds is 11. The van der Waals surface area contributed by atoms with Gasteiger partial charge in [0.1, 0.15) is 5.25 Å². The summed E-state index contributed by atoms with van der Waals surface area (Å²) in [5.74, 6) is -0.236. The molecule has 0 aliphatic rings. The highest BCUT2D eigenvalue weighted by molar-refractivity contribution is 8.02. The first-order chi connectivity index (χ1) is 11.5. The molecule has 0 aliphatic carbocycles. The minimum absolute atomic E-state index is 0.00363. The van der Waals surface area contributed by atoms with Crippen LogP contribution in [0.2, 0.25) is 0 Å². The van der Waals surface area contributed by atoms with Crippen LogP contribution in [0.1, 0.15) is 59.8 Å². The third-order valence-electron chi connectivity index (χ3n) is 3.57. The maximum Gasteiger partial charge on any atom is 0.319 e. The largest absolute Gasteiger partial charge is 0.465 e. The van der Waals surface area contributed by atoms with Gasteiger partial charge in [0.05, 0.1) is 6.61 Å². The van der Waals surface area contributed by atoms with Crippen molar-refractivity contribution >= 4 is 40.1 Å². The van der Waals surface area contributed by atoms with Crippen molar-refractivity contribution < 1.29 is 14.3 Å². The van der Waals surface area contributed by atoms with Crippen LogP contribution in [0.25, 0.3) is 0 Å². The highest BCUT2D eigenvalue weighted by atomic mass is 32.2. The summed E-state index contributed by atoms with van der Waals surface area (Å²) in [5, 5.41) is 11.1. The Hall–Kier alpha value is -1.15. The highest BCUT2D eigenvalue weighted by Crippen LogP contribution is 2.31. The number of carbonyl (C=O) groups is 2. The molecule has 1 aromatic rings. The first-order valence-corrected chi connectivity index (χ1v) is 10.2. The minimum atomic E-state index is -0.297. The molecule has 1 aromatic heterocycles. The Kier molecular flexibility index (Phi) is 9.94. The van der Waals surface area contributed by atoms with Gasteiger partial charge in [-0.1, -0.05) is 56.7 Å². The third-order valence-corrected chi connectivity index (χ3v) is 5.84. The van der Waals surface area contributed by atoms with Gasteiger partial charge >= 0.3 is 5.97 Å². The van der Waals surface area contributed by atoms with Crippen molar-refractivity contribution in [1.29, 1.82) is 0 Å². The summed E-state index contributed by atoms with van der Waals surface area (Å²) >= 11 is 2.62. The van der Waals surface area contributed by atoms with E-state index in [1.165, 1.54) is 23.1 Å². The van der Waals surface area contributed by atoms with Crippen LogP contribution >= 0.6 is 23.1 Å². The van der Waals surface area contributed by atoms with Gasteiger partial charge in [-0.25, -0.2) is 0 Å². The SMILES string of the molecule is CCCC[C@H](CC)C(=O)Nc1nnc(S[C@@H](CC)C(=O)OCC)s1. The molecule has 1 amide bonds. The summed E-state index contributed by atoms with van der Waals surface area (Å²) in [4.78, 5) is 24.1. The number of anilines is 1. The molecule has 1 N–H and O–H groups in total. The van der Waals surface area contributed by atoms with Gasteiger partial charge in [0.2, 0.25) is 11.0 Å². The second-order valence-corrected chi connectivity index (χ2v) is 7.80. The number of aromatic nitrogens is 2. The Morgan fingerprint density at radius 3 is 2.54 bits per heavy atom. The van der Waals surface area contributed by atoms with Crippen molar-refractivity contribution in [2.45, 2.75) is 69.4 Å². The molecule has 0 radical (unpaired) electrons. The summed E-state index contributed by atoms with van der Waals surface area (Å²) in [5.41, 5.74) is 0. The van der Waals surface area contributed by atoms with Crippen LogP contribution in [0, 0.1) is 5.92 Å². The zero-order valence-corrected chi connectivity index (χ0v) is 16.5. The van der Waals surface area contributed by atoms with Crippen LogP contribution < -0.4 is 5.32 Å². The molecular formula is C16H27N3O3S2. The summed E-state index contributed by atoms with van der Waals surface area (Å²) in [6.45, 7) is 8.22. The van der Waals surface area contributed by atoms with E-state index in [1.54, 1.807) is 6.92 Å². The fourth-order valence-electron chi connectivity index (χ4n) is 2.14. The number of unbranched alkanes of at least 4 members (excludes halogenated alkanes) is 1. The quantitative estimate of drug-likeness (QED) is 0.357. The lowest BCUT2D eigenvalue weighted by Gasteiger charge is -2.12. The van der Waals surface area contributed by atoms with Gasteiger partial charge in [0, 0.05) is 5.92 Å². The van der Waals surface area contributed by atoms with E-state index in [0.717, 1.165) is 25.7 Å². The summed E-state index contributed by atoms with van der Waals surface area (Å²) < 4.78 is 5.71. The van der Waals surface area contributed by atoms with E-state index < -0.39 is 0 Å². The molecule has 0 saturated carbocycles. The zero-order valence-electron chi connectivity index (χ0n) is 14.8. The van der Waals surface area contributed by atoms with Crippen molar-refractivity contribution in [2.75, 3.05) is 11.9 Å². The fourth-order valence-corrected chi connectivity index (χ4v) is 4.06. The van der Waals surface area contributed by atoms with E-state index in [-0.39, 0.29) is 23.0 Å². The Balaban J connectivity index is 2.61. The van der Waals surface area contributed by atoms with E-state index in [1.807, 2.05) is 13.8 Å². The predicted molar refractivity (Wildman–Crippen MR) is 98.4 cm³/mol. The Bertz CT molecular complexity index is 522. The molecule has 0 aliphatic heterocycles. The lowest BCUT2D eigenvalue weighted by Crippen LogP contribution is -2.22. The minimum Gasteiger partial charge on any atom is -0.465 e. The zero-order chi connectivity index (χ0) is 17.9. The molecule has 0 aromatic carbocycles. The lowest BCUT2D eigenvalue weighted by molar-refractivity contribution is -0.142. The number of hydrogen-bond acceptors (Lipinski definition) is 7. The number of ether oxygens (including phenoxy) is 1. The number of thioether (sulfide) groups is 1. The molecular weight excluding hydrogens is 346 g/mol. The first-order valence-electron chi connectivity index (χ1n) is 8.53. The monoisotopic (exact) mass is 373 g/mol. The summed E-state index contributed by atoms with van der Waals surface area (Å²) in [6, 6.07) is 0. The topological polar surface area (TPSA) is 81.2 Å². The van der Waals surface area contributed by atoms with Gasteiger partial charge in [0.15, 0.2) is 4.34 Å². The molecule has 24 heavy (non-hydrogen) atoms. The van der Waals surface area contributed by atoms with Crippen molar-refractivity contribution in [3.63, 3.8) is 0 Å². The van der Waals surface area contributed by atoms with Gasteiger partial charge in [-0.2, -0.15) is 0 Å². The summed E-state index contributed by atoms with van der Waals surface area (Å²) in [7, 11) is 0. The van der Waals surface area contributed by atoms with Crippen molar-refractivity contribution in [2.24, 2.45) is 5.92 Å². The maximum absolute atomic E-state index is 12.3. The number of nitrogens with one attached hydrogen (secondary N) is 1. The van der Waals surface area contributed by atoms with E-state index in [4.69, 9.17) is 4.74 Å². The Labute approximate surface area is 152 Å². The average Bonchev–Trinajstić information content (AvgIpc) is 3.00. The van der Waals surface area contributed by atoms with Gasteiger partial charge in [-0.3, -0.25) is 9.59 Å². The van der Waals surface area contributed by atoms with Crippen LogP contribution in [0.3, 0.4) is 0 Å². The number of amides is 1. The Morgan fingerprint density at radius 2 is 1.96 bits per heavy atom. The molecule has 136 valence electrons. The van der Waals surface area contributed by atoms with Crippen LogP contribution in [-0.2, 0) is 14.3 Å². The summed E-state index contributed by atoms with van der Waals surface area (Å²) in [6.07, 6.45) is 4.48. The fraction of sp³-hybridized carbons (Fsp3) is 0.750. The van der Waals surface area contributed by atoms with Crippen molar-refractivity contribution in [3.05, 3.63) is 0 Å². The highest BCUT2D eigenvalue weighted by Gasteiger charge is 2.22. The van der Waals surface area contributed by atoms with Gasteiger partial charge in [-0.15, -0.1) is 10.2 Å². The molecule has 0 bridgehead atoms. The molecule has 0 saturated heterocycles. The maximum atomic E-state index is 12.3. The smallest absolute Gasteiger partial charge is 0.319 e. The van der Waals surface area contributed by atoms with Gasteiger partial charge in [-0.05, 0) is 26.2 Å². The lowest BCUT2D eigenvalue weighted by atomic mass is 9.99. The molecule has 1 rings (SSSR count). The molecule has 0 spiro atoms. The first kappa shape index (κ1) is 20.9. The molecule has 0 unspecified atom stereocenters.